The van der Waals surface area contributed by atoms with Crippen LogP contribution in [0.2, 0.25) is 0 Å². The van der Waals surface area contributed by atoms with Gasteiger partial charge in [0.1, 0.15) is 17.1 Å². The smallest absolute Gasteiger partial charge is 0.357 e. The average Bonchev–Trinajstić information content (AvgIpc) is 2.72. The average molecular weight is 501 g/mol. The molecule has 1 unspecified atom stereocenters. The molecule has 1 amide bonds. The van der Waals surface area contributed by atoms with Gasteiger partial charge < -0.3 is 15.2 Å². The van der Waals surface area contributed by atoms with E-state index >= 15 is 0 Å². The molecule has 12 heteroatoms. The summed E-state index contributed by atoms with van der Waals surface area (Å²) >= 11 is 1.52. The van der Waals surface area contributed by atoms with Crippen LogP contribution >= 0.6 is 11.8 Å². The maximum absolute atomic E-state index is 12.2. The lowest BCUT2D eigenvalue weighted by Crippen LogP contribution is -2.68. The number of benzene rings is 1. The molecule has 3 N–H and O–H groups in total. The molecule has 0 bridgehead atoms. The number of amides is 1. The highest BCUT2D eigenvalue weighted by Gasteiger charge is 2.51. The maximum atomic E-state index is 12.2. The number of aryl methyl sites for hydroxylation is 1. The molecule has 2 aliphatic heterocycles. The Hall–Kier alpha value is -2.41. The fraction of sp³-hybridized carbons (Fsp3) is 0.476. The number of rotatable bonds is 4. The number of nitrogens with zero attached hydrogens (tertiary/aromatic N) is 1. The quantitative estimate of drug-likeness (QED) is 0.271. The minimum Gasteiger partial charge on any atom is -0.427 e. The van der Waals surface area contributed by atoms with Crippen LogP contribution in [-0.4, -0.2) is 59.7 Å². The summed E-state index contributed by atoms with van der Waals surface area (Å²) in [6, 6.07) is 5.40. The lowest BCUT2D eigenvalue weighted by molar-refractivity contribution is -0.173. The zero-order valence-corrected chi connectivity index (χ0v) is 20.7. The van der Waals surface area contributed by atoms with Gasteiger partial charge >= 0.3 is 11.9 Å². The Morgan fingerprint density at radius 2 is 1.76 bits per heavy atom. The number of carbonyl (C=O) groups excluding carboxylic acids is 3. The van der Waals surface area contributed by atoms with E-state index in [1.807, 2.05) is 6.92 Å². The Kier molecular flexibility index (Phi) is 8.33. The molecule has 1 saturated heterocycles. The summed E-state index contributed by atoms with van der Waals surface area (Å²) < 4.78 is 39.4. The Bertz CT molecular complexity index is 1060. The second-order valence-electron chi connectivity index (χ2n) is 8.58. The van der Waals surface area contributed by atoms with Gasteiger partial charge in [-0.2, -0.15) is 8.42 Å². The first-order valence-electron chi connectivity index (χ1n) is 9.93. The number of thioether (sulfide) groups is 1. The summed E-state index contributed by atoms with van der Waals surface area (Å²) in [5, 5.41) is -0.226. The van der Waals surface area contributed by atoms with Gasteiger partial charge in [0, 0.05) is 5.75 Å². The second-order valence-corrected chi connectivity index (χ2v) is 11.1. The Balaban J connectivity index is 0.000000294. The fourth-order valence-electron chi connectivity index (χ4n) is 2.79. The van der Waals surface area contributed by atoms with Gasteiger partial charge in [0.05, 0.1) is 10.3 Å². The summed E-state index contributed by atoms with van der Waals surface area (Å²) in [6.45, 7) is 8.23. The fourth-order valence-corrected chi connectivity index (χ4v) is 4.51. The van der Waals surface area contributed by atoms with E-state index in [2.05, 4.69) is 0 Å². The van der Waals surface area contributed by atoms with Crippen LogP contribution in [0.25, 0.3) is 0 Å². The molecule has 33 heavy (non-hydrogen) atoms. The highest BCUT2D eigenvalue weighted by Crippen LogP contribution is 2.39. The standard InChI is InChI=1S/C14H20N2O5S.C7H8O3S/c1-7-5-22-11-8(15)10(17)16(11)9(7)12(18)20-6-21-13(19)14(2,3)4;1-6-2-4-7(5-3-6)11(8,9)10/h8,11H,5-6,15H2,1-4H3;2-5H,1H3,(H,8,9,10)/t8?,11-;/m1./s1. The van der Waals surface area contributed by atoms with Crippen LogP contribution in [-0.2, 0) is 34.0 Å². The van der Waals surface area contributed by atoms with Crippen LogP contribution in [0.4, 0.5) is 0 Å². The van der Waals surface area contributed by atoms with Crippen molar-refractivity contribution < 1.29 is 36.8 Å². The SMILES string of the molecule is CC1=C(C(=O)OCOC(=O)C(C)(C)C)N2C(=O)C(N)[C@H]2SC1.Cc1ccc(S(=O)(=O)O)cc1. The molecule has 0 spiro atoms. The van der Waals surface area contributed by atoms with Gasteiger partial charge in [-0.1, -0.05) is 17.7 Å². The number of fused-ring (bicyclic) bond motifs is 1. The Morgan fingerprint density at radius 3 is 2.27 bits per heavy atom. The second kappa shape index (κ2) is 10.2. The molecule has 0 radical (unpaired) electrons. The van der Waals surface area contributed by atoms with Gasteiger partial charge in [0.2, 0.25) is 12.7 Å². The van der Waals surface area contributed by atoms with Crippen molar-refractivity contribution >= 4 is 39.7 Å². The third-order valence-corrected chi connectivity index (χ3v) is 7.02. The third-order valence-electron chi connectivity index (χ3n) is 4.70. The van der Waals surface area contributed by atoms with E-state index in [-0.39, 0.29) is 21.9 Å². The largest absolute Gasteiger partial charge is 0.427 e. The van der Waals surface area contributed by atoms with Gasteiger partial charge in [0.15, 0.2) is 0 Å². The first kappa shape index (κ1) is 26.8. The van der Waals surface area contributed by atoms with E-state index in [0.29, 0.717) is 5.75 Å². The zero-order chi connectivity index (χ0) is 25.1. The molecule has 2 atom stereocenters. The van der Waals surface area contributed by atoms with Crippen LogP contribution in [0.5, 0.6) is 0 Å². The summed E-state index contributed by atoms with van der Waals surface area (Å²) in [7, 11) is -4.02. The molecule has 0 aromatic heterocycles. The number of nitrogens with two attached hydrogens (primary N) is 1. The van der Waals surface area contributed by atoms with Gasteiger partial charge in [0.25, 0.3) is 10.1 Å². The normalized spacial score (nSPS) is 20.2. The Morgan fingerprint density at radius 1 is 1.18 bits per heavy atom. The van der Waals surface area contributed by atoms with Gasteiger partial charge in [-0.25, -0.2) is 4.79 Å². The van der Waals surface area contributed by atoms with Crippen LogP contribution in [0, 0.1) is 12.3 Å². The number of ether oxygens (including phenoxy) is 2. The first-order chi connectivity index (χ1) is 15.1. The van der Waals surface area contributed by atoms with E-state index in [9.17, 15) is 22.8 Å². The zero-order valence-electron chi connectivity index (χ0n) is 19.0. The van der Waals surface area contributed by atoms with Gasteiger partial charge in [-0.3, -0.25) is 19.0 Å². The predicted octanol–water partition coefficient (Wildman–Crippen LogP) is 1.83. The van der Waals surface area contributed by atoms with Crippen molar-refractivity contribution in [2.75, 3.05) is 12.5 Å². The topological polar surface area (TPSA) is 153 Å². The molecule has 1 aromatic carbocycles. The highest BCUT2D eigenvalue weighted by molar-refractivity contribution is 8.00. The minimum absolute atomic E-state index is 0.0666. The lowest BCUT2D eigenvalue weighted by Gasteiger charge is -2.47. The summed E-state index contributed by atoms with van der Waals surface area (Å²) in [6.07, 6.45) is 0. The maximum Gasteiger partial charge on any atom is 0.357 e. The summed E-state index contributed by atoms with van der Waals surface area (Å²) in [4.78, 5) is 36.9. The van der Waals surface area contributed by atoms with Crippen molar-refractivity contribution in [2.45, 2.75) is 50.9 Å². The molecule has 3 rings (SSSR count). The van der Waals surface area contributed by atoms with Gasteiger partial charge in [-0.05, 0) is 52.3 Å². The molecular formula is C21H28N2O8S2. The predicted molar refractivity (Wildman–Crippen MR) is 121 cm³/mol. The Labute approximate surface area is 197 Å². The number of esters is 2. The van der Waals surface area contributed by atoms with Crippen molar-refractivity contribution in [3.05, 3.63) is 41.1 Å². The number of hydrogen-bond donors (Lipinski definition) is 2. The molecule has 10 nitrogen and oxygen atoms in total. The van der Waals surface area contributed by atoms with Crippen LogP contribution in [0.3, 0.4) is 0 Å². The van der Waals surface area contributed by atoms with Crippen LogP contribution < -0.4 is 5.73 Å². The van der Waals surface area contributed by atoms with E-state index < -0.39 is 40.3 Å². The van der Waals surface area contributed by atoms with Crippen LogP contribution in [0.1, 0.15) is 33.3 Å². The molecule has 0 aliphatic carbocycles. The molecule has 1 fully saturated rings. The summed E-state index contributed by atoms with van der Waals surface area (Å²) in [5.74, 6) is -0.834. The number of hydrogen-bond acceptors (Lipinski definition) is 9. The van der Waals surface area contributed by atoms with Crippen molar-refractivity contribution in [1.29, 1.82) is 0 Å². The van der Waals surface area contributed by atoms with Crippen molar-refractivity contribution in [3.63, 3.8) is 0 Å². The van der Waals surface area contributed by atoms with E-state index in [1.165, 1.54) is 28.8 Å². The minimum atomic E-state index is -4.02. The van der Waals surface area contributed by atoms with E-state index in [4.69, 9.17) is 19.8 Å². The highest BCUT2D eigenvalue weighted by atomic mass is 32.2. The monoisotopic (exact) mass is 500 g/mol. The lowest BCUT2D eigenvalue weighted by atomic mass is 9.98. The van der Waals surface area contributed by atoms with Crippen LogP contribution in [0.15, 0.2) is 40.4 Å². The number of β-lactam (4-membered cyclic amide) rings is 1. The van der Waals surface area contributed by atoms with Crippen molar-refractivity contribution in [3.8, 4) is 0 Å². The molecule has 2 aliphatic rings. The molecule has 2 heterocycles. The van der Waals surface area contributed by atoms with E-state index in [1.54, 1.807) is 39.8 Å². The van der Waals surface area contributed by atoms with Crippen molar-refractivity contribution in [2.24, 2.45) is 11.1 Å². The van der Waals surface area contributed by atoms with Crippen molar-refractivity contribution in [1.82, 2.24) is 4.90 Å². The first-order valence-corrected chi connectivity index (χ1v) is 12.4. The number of carbonyl (C=O) groups is 3. The van der Waals surface area contributed by atoms with Gasteiger partial charge in [-0.15, -0.1) is 11.8 Å². The molecular weight excluding hydrogens is 472 g/mol. The molecule has 1 aromatic rings. The molecule has 182 valence electrons. The third kappa shape index (κ3) is 6.56. The van der Waals surface area contributed by atoms with E-state index in [0.717, 1.165) is 11.1 Å². The summed E-state index contributed by atoms with van der Waals surface area (Å²) in [5.41, 5.74) is 6.95. The molecule has 0 saturated carbocycles.